The summed E-state index contributed by atoms with van der Waals surface area (Å²) < 4.78 is 21.0. The molecule has 2 aromatic carbocycles. The first-order valence-corrected chi connectivity index (χ1v) is 6.82. The number of benzene rings is 2. The minimum atomic E-state index is 0.0331. The lowest BCUT2D eigenvalue weighted by Gasteiger charge is -2.10. The molecule has 0 heterocycles. The molecule has 0 radical (unpaired) electrons. The lowest BCUT2D eigenvalue weighted by molar-refractivity contribution is 0.412. The van der Waals surface area contributed by atoms with Crippen molar-refractivity contribution in [3.8, 4) is 23.0 Å². The Labute approximate surface area is 133 Å². The van der Waals surface area contributed by atoms with Crippen molar-refractivity contribution in [2.45, 2.75) is 0 Å². The molecular weight excluding hydrogens is 314 g/mol. The molecule has 0 fully saturated rings. The van der Waals surface area contributed by atoms with Crippen LogP contribution in [0, 0.1) is 0 Å². The van der Waals surface area contributed by atoms with Crippen LogP contribution in [0.1, 0.15) is 0 Å². The van der Waals surface area contributed by atoms with E-state index in [1.165, 1.54) is 0 Å². The summed E-state index contributed by atoms with van der Waals surface area (Å²) in [6.45, 7) is 0. The Balaban J connectivity index is 1.92. The zero-order valence-electron chi connectivity index (χ0n) is 11.6. The lowest BCUT2D eigenvalue weighted by atomic mass is 10.2. The monoisotopic (exact) mass is 326 g/mol. The van der Waals surface area contributed by atoms with E-state index in [2.05, 4.69) is 0 Å². The van der Waals surface area contributed by atoms with Crippen LogP contribution in [-0.2, 0) is 0 Å². The van der Waals surface area contributed by atoms with E-state index >= 15 is 0 Å². The highest BCUT2D eigenvalue weighted by molar-refractivity contribution is 6.32. The summed E-state index contributed by atoms with van der Waals surface area (Å²) in [7, 11) is 3.14. The largest absolute Gasteiger partial charge is 0.576 e. The van der Waals surface area contributed by atoms with E-state index in [0.29, 0.717) is 33.0 Å². The number of methoxy groups -OCH3 is 2. The van der Waals surface area contributed by atoms with Gasteiger partial charge in [0, 0.05) is 12.1 Å². The van der Waals surface area contributed by atoms with E-state index in [1.807, 2.05) is 0 Å². The molecule has 0 spiro atoms. The Morgan fingerprint density at radius 2 is 1.19 bits per heavy atom. The summed E-state index contributed by atoms with van der Waals surface area (Å²) in [4.78, 5) is 0. The van der Waals surface area contributed by atoms with Gasteiger partial charge in [0.25, 0.3) is 0 Å². The van der Waals surface area contributed by atoms with E-state index in [-0.39, 0.29) is 7.69 Å². The Hall–Kier alpha value is -1.72. The summed E-state index contributed by atoms with van der Waals surface area (Å²) >= 11 is 12.0. The maximum atomic E-state index is 6.00. The fraction of sp³-hybridized carbons (Fsp3) is 0.143. The van der Waals surface area contributed by atoms with Gasteiger partial charge in [0.1, 0.15) is 23.0 Å². The highest BCUT2D eigenvalue weighted by atomic mass is 35.5. The smallest absolute Gasteiger partial charge is 0.528 e. The molecule has 0 saturated carbocycles. The first kappa shape index (κ1) is 15.7. The normalized spacial score (nSPS) is 9.90. The van der Waals surface area contributed by atoms with Gasteiger partial charge in [0.05, 0.1) is 24.3 Å². The number of halogens is 2. The molecule has 0 aromatic heterocycles. The second-order valence-electron chi connectivity index (χ2n) is 4.00. The molecule has 7 heteroatoms. The number of rotatable bonds is 6. The SMILES string of the molecule is COc1ccc(OBOc2ccc(OC)c(Cl)c2)cc1Cl. The summed E-state index contributed by atoms with van der Waals surface area (Å²) in [6, 6.07) is 10.3. The quantitative estimate of drug-likeness (QED) is 0.758. The molecule has 4 nitrogen and oxygen atoms in total. The summed E-state index contributed by atoms with van der Waals surface area (Å²) in [5.41, 5.74) is 0. The molecule has 0 aliphatic rings. The van der Waals surface area contributed by atoms with Gasteiger partial charge in [0.2, 0.25) is 0 Å². The topological polar surface area (TPSA) is 36.9 Å². The standard InChI is InChI=1S/C14H13BCl2O4/c1-18-13-5-3-9(7-11(13)16)20-15-21-10-4-6-14(19-2)12(17)8-10/h3-8,15H,1-2H3. The predicted molar refractivity (Wildman–Crippen MR) is 84.4 cm³/mol. The van der Waals surface area contributed by atoms with E-state index in [9.17, 15) is 0 Å². The van der Waals surface area contributed by atoms with Crippen LogP contribution in [0.15, 0.2) is 36.4 Å². The average Bonchev–Trinajstić information content (AvgIpc) is 2.48. The summed E-state index contributed by atoms with van der Waals surface area (Å²) in [5.74, 6) is 2.35. The van der Waals surface area contributed by atoms with Crippen molar-refractivity contribution in [2.75, 3.05) is 14.2 Å². The maximum Gasteiger partial charge on any atom is 0.576 e. The van der Waals surface area contributed by atoms with Gasteiger partial charge in [-0.05, 0) is 24.3 Å². The predicted octanol–water partition coefficient (Wildman–Crippen LogP) is 3.73. The molecule has 0 aliphatic heterocycles. The highest BCUT2D eigenvalue weighted by Crippen LogP contribution is 2.29. The van der Waals surface area contributed by atoms with Crippen LogP contribution in [-0.4, -0.2) is 21.9 Å². The van der Waals surface area contributed by atoms with Gasteiger partial charge in [0.15, 0.2) is 0 Å². The minimum Gasteiger partial charge on any atom is -0.528 e. The van der Waals surface area contributed by atoms with Crippen LogP contribution < -0.4 is 18.8 Å². The van der Waals surface area contributed by atoms with Crippen LogP contribution in [0.25, 0.3) is 0 Å². The third-order valence-electron chi connectivity index (χ3n) is 2.70. The second-order valence-corrected chi connectivity index (χ2v) is 4.81. The van der Waals surface area contributed by atoms with E-state index in [1.54, 1.807) is 50.6 Å². The molecule has 0 amide bonds. The van der Waals surface area contributed by atoms with Crippen LogP contribution in [0.3, 0.4) is 0 Å². The number of ether oxygens (including phenoxy) is 2. The first-order valence-electron chi connectivity index (χ1n) is 6.06. The molecule has 0 atom stereocenters. The summed E-state index contributed by atoms with van der Waals surface area (Å²) in [5, 5.41) is 0.949. The fourth-order valence-corrected chi connectivity index (χ4v) is 2.13. The van der Waals surface area contributed by atoms with Crippen molar-refractivity contribution in [1.29, 1.82) is 0 Å². The van der Waals surface area contributed by atoms with E-state index in [0.717, 1.165) is 0 Å². The van der Waals surface area contributed by atoms with Crippen LogP contribution in [0.4, 0.5) is 0 Å². The Kier molecular flexibility index (Phi) is 5.48. The molecule has 21 heavy (non-hydrogen) atoms. The van der Waals surface area contributed by atoms with E-state index < -0.39 is 0 Å². The van der Waals surface area contributed by atoms with Crippen molar-refractivity contribution in [3.63, 3.8) is 0 Å². The third kappa shape index (κ3) is 4.13. The van der Waals surface area contributed by atoms with Crippen molar-refractivity contribution < 1.29 is 18.8 Å². The van der Waals surface area contributed by atoms with Crippen molar-refractivity contribution in [3.05, 3.63) is 46.4 Å². The van der Waals surface area contributed by atoms with Gasteiger partial charge < -0.3 is 18.8 Å². The van der Waals surface area contributed by atoms with Crippen LogP contribution in [0.2, 0.25) is 10.0 Å². The molecule has 110 valence electrons. The zero-order valence-corrected chi connectivity index (χ0v) is 13.1. The lowest BCUT2D eigenvalue weighted by Crippen LogP contribution is -2.10. The highest BCUT2D eigenvalue weighted by Gasteiger charge is 2.06. The number of hydrogen-bond donors (Lipinski definition) is 0. The Morgan fingerprint density at radius 3 is 1.52 bits per heavy atom. The van der Waals surface area contributed by atoms with Gasteiger partial charge in [-0.25, -0.2) is 0 Å². The molecule has 0 N–H and O–H groups in total. The van der Waals surface area contributed by atoms with E-state index in [4.69, 9.17) is 42.0 Å². The van der Waals surface area contributed by atoms with Gasteiger partial charge in [-0.15, -0.1) is 0 Å². The van der Waals surface area contributed by atoms with Gasteiger partial charge in [-0.1, -0.05) is 23.2 Å². The maximum absolute atomic E-state index is 6.00. The third-order valence-corrected chi connectivity index (χ3v) is 3.29. The molecule has 2 rings (SSSR count). The molecule has 0 unspecified atom stereocenters. The molecule has 2 aromatic rings. The van der Waals surface area contributed by atoms with Gasteiger partial charge in [-0.3, -0.25) is 0 Å². The first-order chi connectivity index (χ1) is 10.1. The van der Waals surface area contributed by atoms with Gasteiger partial charge in [-0.2, -0.15) is 0 Å². The van der Waals surface area contributed by atoms with Crippen molar-refractivity contribution in [1.82, 2.24) is 0 Å². The Bertz CT molecular complexity index is 568. The molecule has 0 aliphatic carbocycles. The molecule has 0 saturated heterocycles. The minimum absolute atomic E-state index is 0.0331. The van der Waals surface area contributed by atoms with Gasteiger partial charge >= 0.3 is 7.69 Å². The second kappa shape index (κ2) is 7.34. The Morgan fingerprint density at radius 1 is 0.762 bits per heavy atom. The van der Waals surface area contributed by atoms with Crippen LogP contribution in [0.5, 0.6) is 23.0 Å². The average molecular weight is 327 g/mol. The van der Waals surface area contributed by atoms with Crippen LogP contribution >= 0.6 is 23.2 Å². The molecule has 0 bridgehead atoms. The zero-order chi connectivity index (χ0) is 15.2. The van der Waals surface area contributed by atoms with Crippen molar-refractivity contribution in [2.24, 2.45) is 0 Å². The number of hydrogen-bond acceptors (Lipinski definition) is 4. The fourth-order valence-electron chi connectivity index (χ4n) is 1.64. The van der Waals surface area contributed by atoms with Crippen molar-refractivity contribution >= 4 is 30.9 Å². The molecular formula is C14H13BCl2O4. The summed E-state index contributed by atoms with van der Waals surface area (Å²) in [6.07, 6.45) is 0.